The van der Waals surface area contributed by atoms with E-state index in [4.69, 9.17) is 9.47 Å². The minimum Gasteiger partial charge on any atom is -0.378 e. The fraction of sp³-hybridized carbons (Fsp3) is 0.269. The van der Waals surface area contributed by atoms with Crippen LogP contribution in [0.25, 0.3) is 16.4 Å². The Kier molecular flexibility index (Phi) is 6.29. The highest BCUT2D eigenvalue weighted by Gasteiger charge is 2.15. The van der Waals surface area contributed by atoms with Crippen LogP contribution in [0, 0.1) is 5.82 Å². The van der Waals surface area contributed by atoms with Gasteiger partial charge in [-0.2, -0.15) is 10.2 Å². The van der Waals surface area contributed by atoms with Crippen molar-refractivity contribution in [2.75, 3.05) is 31.7 Å². The number of ether oxygens (including phenoxy) is 2. The van der Waals surface area contributed by atoms with Gasteiger partial charge in [0.05, 0.1) is 50.7 Å². The van der Waals surface area contributed by atoms with Gasteiger partial charge in [-0.25, -0.2) is 13.9 Å². The number of aromatic nitrogens is 5. The van der Waals surface area contributed by atoms with Crippen molar-refractivity contribution >= 4 is 27.9 Å². The van der Waals surface area contributed by atoms with Crippen LogP contribution in [0.2, 0.25) is 0 Å². The second-order valence-corrected chi connectivity index (χ2v) is 8.81. The lowest BCUT2D eigenvalue weighted by Gasteiger charge is -2.23. The van der Waals surface area contributed by atoms with Crippen LogP contribution < -0.4 is 10.6 Å². The van der Waals surface area contributed by atoms with Crippen molar-refractivity contribution in [3.63, 3.8) is 0 Å². The first-order chi connectivity index (χ1) is 17.7. The standard InChI is InChI=1S/C26H26FN7O2/c27-21-3-1-2-18(10-21)13-34-24-5-4-22(11-20(24)12-30-34)32-26-25-19(6-8-33(25)31-17-29-26)14-36-16-23-15-35-9-7-28-23/h1-6,8,10-12,17,23,28H,7,9,13-16H2,(H,29,31,32)/t23-/m0/s1. The Morgan fingerprint density at radius 3 is 3.03 bits per heavy atom. The van der Waals surface area contributed by atoms with Crippen molar-refractivity contribution in [1.29, 1.82) is 0 Å². The van der Waals surface area contributed by atoms with Crippen LogP contribution in [-0.4, -0.2) is 56.8 Å². The third kappa shape index (κ3) is 4.78. The van der Waals surface area contributed by atoms with Crippen molar-refractivity contribution in [2.45, 2.75) is 19.2 Å². The highest BCUT2D eigenvalue weighted by molar-refractivity contribution is 5.85. The first-order valence-corrected chi connectivity index (χ1v) is 11.9. The number of hydrogen-bond donors (Lipinski definition) is 2. The molecule has 0 bridgehead atoms. The van der Waals surface area contributed by atoms with E-state index in [0.29, 0.717) is 32.2 Å². The quantitative estimate of drug-likeness (QED) is 0.346. The second kappa shape index (κ2) is 10.0. The van der Waals surface area contributed by atoms with Crippen molar-refractivity contribution in [1.82, 2.24) is 29.7 Å². The molecule has 0 unspecified atom stereocenters. The number of anilines is 2. The zero-order valence-corrected chi connectivity index (χ0v) is 19.6. The van der Waals surface area contributed by atoms with E-state index in [2.05, 4.69) is 25.8 Å². The van der Waals surface area contributed by atoms with Gasteiger partial charge in [0.2, 0.25) is 0 Å². The summed E-state index contributed by atoms with van der Waals surface area (Å²) in [6.45, 7) is 3.77. The molecule has 1 aliphatic heterocycles. The number of benzene rings is 2. The van der Waals surface area contributed by atoms with Crippen LogP contribution in [0.5, 0.6) is 0 Å². The van der Waals surface area contributed by atoms with Crippen LogP contribution in [0.4, 0.5) is 15.9 Å². The van der Waals surface area contributed by atoms with E-state index in [1.54, 1.807) is 10.6 Å². The maximum absolute atomic E-state index is 13.6. The summed E-state index contributed by atoms with van der Waals surface area (Å²) in [5, 5.41) is 16.6. The molecule has 184 valence electrons. The van der Waals surface area contributed by atoms with Crippen LogP contribution in [0.1, 0.15) is 11.1 Å². The Hall–Kier alpha value is -3.86. The molecule has 1 saturated heterocycles. The van der Waals surface area contributed by atoms with Gasteiger partial charge in [0, 0.05) is 29.4 Å². The summed E-state index contributed by atoms with van der Waals surface area (Å²) in [5.41, 5.74) is 4.58. The van der Waals surface area contributed by atoms with Gasteiger partial charge in [-0.3, -0.25) is 4.68 Å². The van der Waals surface area contributed by atoms with Crippen molar-refractivity contribution in [3.05, 3.63) is 84.2 Å². The maximum atomic E-state index is 13.6. The lowest BCUT2D eigenvalue weighted by atomic mass is 10.2. The first kappa shape index (κ1) is 22.6. The zero-order chi connectivity index (χ0) is 24.3. The number of hydrogen-bond acceptors (Lipinski definition) is 7. The molecule has 1 aliphatic rings. The van der Waals surface area contributed by atoms with Gasteiger partial charge in [0.25, 0.3) is 0 Å². The van der Waals surface area contributed by atoms with Gasteiger partial charge < -0.3 is 20.1 Å². The van der Waals surface area contributed by atoms with Crippen molar-refractivity contribution in [3.8, 4) is 0 Å². The molecular formula is C26H26FN7O2. The molecule has 3 aromatic heterocycles. The Balaban J connectivity index is 1.20. The average molecular weight is 488 g/mol. The SMILES string of the molecule is Fc1cccc(Cn2ncc3cc(Nc4ncnn5ccc(COC[C@@H]6COCCN6)c45)ccc32)c1. The molecule has 4 heterocycles. The lowest BCUT2D eigenvalue weighted by molar-refractivity contribution is 0.0245. The molecule has 2 aromatic carbocycles. The minimum atomic E-state index is -0.249. The molecule has 0 aliphatic carbocycles. The largest absolute Gasteiger partial charge is 0.378 e. The van der Waals surface area contributed by atoms with Gasteiger partial charge in [-0.1, -0.05) is 12.1 Å². The van der Waals surface area contributed by atoms with Crippen LogP contribution in [0.3, 0.4) is 0 Å². The Labute approximate surface area is 206 Å². The monoisotopic (exact) mass is 487 g/mol. The molecule has 1 fully saturated rings. The molecule has 36 heavy (non-hydrogen) atoms. The number of rotatable bonds is 8. The van der Waals surface area contributed by atoms with Gasteiger partial charge in [-0.05, 0) is 42.0 Å². The van der Waals surface area contributed by atoms with E-state index < -0.39 is 0 Å². The summed E-state index contributed by atoms with van der Waals surface area (Å²) in [5.74, 6) is 0.445. The summed E-state index contributed by atoms with van der Waals surface area (Å²) in [4.78, 5) is 4.50. The number of morpholine rings is 1. The predicted octanol–water partition coefficient (Wildman–Crippen LogP) is 3.52. The van der Waals surface area contributed by atoms with E-state index in [9.17, 15) is 4.39 Å². The maximum Gasteiger partial charge on any atom is 0.158 e. The van der Waals surface area contributed by atoms with Crippen LogP contribution in [0.15, 0.2) is 67.3 Å². The van der Waals surface area contributed by atoms with E-state index >= 15 is 0 Å². The summed E-state index contributed by atoms with van der Waals surface area (Å²) >= 11 is 0. The molecule has 2 N–H and O–H groups in total. The molecule has 0 saturated carbocycles. The number of halogens is 1. The number of nitrogens with one attached hydrogen (secondary N) is 2. The molecule has 10 heteroatoms. The molecule has 1 atom stereocenters. The normalized spacial score (nSPS) is 16.1. The van der Waals surface area contributed by atoms with Crippen LogP contribution in [-0.2, 0) is 22.6 Å². The summed E-state index contributed by atoms with van der Waals surface area (Å²) in [6.07, 6.45) is 5.25. The Morgan fingerprint density at radius 1 is 1.17 bits per heavy atom. The molecule has 6 rings (SSSR count). The van der Waals surface area contributed by atoms with Crippen LogP contribution >= 0.6 is 0 Å². The summed E-state index contributed by atoms with van der Waals surface area (Å²) in [6, 6.07) is 14.8. The minimum absolute atomic E-state index is 0.204. The Morgan fingerprint density at radius 2 is 2.14 bits per heavy atom. The van der Waals surface area contributed by atoms with E-state index in [0.717, 1.165) is 46.4 Å². The van der Waals surface area contributed by atoms with Crippen molar-refractivity contribution < 1.29 is 13.9 Å². The Bertz CT molecular complexity index is 1490. The average Bonchev–Trinajstić information content (AvgIpc) is 3.49. The highest BCUT2D eigenvalue weighted by atomic mass is 19.1. The van der Waals surface area contributed by atoms with E-state index in [-0.39, 0.29) is 11.9 Å². The zero-order valence-electron chi connectivity index (χ0n) is 19.6. The highest BCUT2D eigenvalue weighted by Crippen LogP contribution is 2.26. The third-order valence-corrected chi connectivity index (χ3v) is 6.24. The fourth-order valence-electron chi connectivity index (χ4n) is 4.50. The van der Waals surface area contributed by atoms with Gasteiger partial charge in [0.15, 0.2) is 5.82 Å². The second-order valence-electron chi connectivity index (χ2n) is 8.81. The van der Waals surface area contributed by atoms with Crippen molar-refractivity contribution in [2.24, 2.45) is 0 Å². The topological polar surface area (TPSA) is 90.5 Å². The van der Waals surface area contributed by atoms with E-state index in [1.807, 2.05) is 47.4 Å². The molecular weight excluding hydrogens is 461 g/mol. The fourth-order valence-corrected chi connectivity index (χ4v) is 4.50. The van der Waals surface area contributed by atoms with Gasteiger partial charge >= 0.3 is 0 Å². The van der Waals surface area contributed by atoms with E-state index in [1.165, 1.54) is 18.5 Å². The summed E-state index contributed by atoms with van der Waals surface area (Å²) in [7, 11) is 0. The molecule has 0 amide bonds. The van der Waals surface area contributed by atoms with Gasteiger partial charge in [0.1, 0.15) is 17.7 Å². The third-order valence-electron chi connectivity index (χ3n) is 6.24. The molecule has 9 nitrogen and oxygen atoms in total. The number of nitrogens with zero attached hydrogens (tertiary/aromatic N) is 5. The predicted molar refractivity (Wildman–Crippen MR) is 134 cm³/mol. The first-order valence-electron chi connectivity index (χ1n) is 11.9. The van der Waals surface area contributed by atoms with Gasteiger partial charge in [-0.15, -0.1) is 0 Å². The smallest absolute Gasteiger partial charge is 0.158 e. The molecule has 5 aromatic rings. The molecule has 0 radical (unpaired) electrons. The molecule has 0 spiro atoms. The number of fused-ring (bicyclic) bond motifs is 2. The summed E-state index contributed by atoms with van der Waals surface area (Å²) < 4.78 is 28.7. The lowest BCUT2D eigenvalue weighted by Crippen LogP contribution is -2.44.